The van der Waals surface area contributed by atoms with Crippen LogP contribution in [0, 0.1) is 5.82 Å². The SMILES string of the molecule is O=C(COc1ccc(F)cc1Cl)N1CCCCCC1CO. The Morgan fingerprint density at radius 3 is 2.95 bits per heavy atom. The fraction of sp³-hybridized carbons (Fsp3) is 0.533. The van der Waals surface area contributed by atoms with Crippen molar-refractivity contribution in [3.63, 3.8) is 0 Å². The van der Waals surface area contributed by atoms with Crippen LogP contribution >= 0.6 is 11.6 Å². The van der Waals surface area contributed by atoms with Gasteiger partial charge in [0.1, 0.15) is 11.6 Å². The highest BCUT2D eigenvalue weighted by Gasteiger charge is 2.25. The molecule has 1 amide bonds. The predicted molar refractivity (Wildman–Crippen MR) is 78.0 cm³/mol. The average Bonchev–Trinajstić information content (AvgIpc) is 2.71. The Balaban J connectivity index is 1.96. The molecule has 1 atom stereocenters. The van der Waals surface area contributed by atoms with E-state index in [2.05, 4.69) is 0 Å². The van der Waals surface area contributed by atoms with Crippen LogP contribution in [0.2, 0.25) is 5.02 Å². The van der Waals surface area contributed by atoms with Crippen LogP contribution in [0.5, 0.6) is 5.75 Å². The Bertz CT molecular complexity index is 498. The van der Waals surface area contributed by atoms with Crippen molar-refractivity contribution in [2.75, 3.05) is 19.8 Å². The third-order valence-electron chi connectivity index (χ3n) is 3.65. The first-order valence-corrected chi connectivity index (χ1v) is 7.48. The average molecular weight is 316 g/mol. The first-order chi connectivity index (χ1) is 10.1. The van der Waals surface area contributed by atoms with E-state index in [1.807, 2.05) is 0 Å². The van der Waals surface area contributed by atoms with Crippen molar-refractivity contribution >= 4 is 17.5 Å². The highest BCUT2D eigenvalue weighted by molar-refractivity contribution is 6.32. The molecule has 4 nitrogen and oxygen atoms in total. The van der Waals surface area contributed by atoms with E-state index in [4.69, 9.17) is 16.3 Å². The van der Waals surface area contributed by atoms with Crippen LogP contribution in [0.3, 0.4) is 0 Å². The third kappa shape index (κ3) is 4.32. The lowest BCUT2D eigenvalue weighted by Crippen LogP contribution is -2.44. The number of hydrogen-bond donors (Lipinski definition) is 1. The van der Waals surface area contributed by atoms with Crippen LogP contribution < -0.4 is 4.74 Å². The number of aliphatic hydroxyl groups excluding tert-OH is 1. The van der Waals surface area contributed by atoms with Crippen molar-refractivity contribution < 1.29 is 19.0 Å². The number of carbonyl (C=O) groups is 1. The van der Waals surface area contributed by atoms with Gasteiger partial charge >= 0.3 is 0 Å². The second-order valence-corrected chi connectivity index (χ2v) is 5.54. The number of carbonyl (C=O) groups excluding carboxylic acids is 1. The minimum Gasteiger partial charge on any atom is -0.482 e. The minimum absolute atomic E-state index is 0.0386. The summed E-state index contributed by atoms with van der Waals surface area (Å²) in [5.74, 6) is -0.357. The van der Waals surface area contributed by atoms with Crippen LogP contribution in [-0.4, -0.2) is 41.7 Å². The largest absolute Gasteiger partial charge is 0.482 e. The van der Waals surface area contributed by atoms with Gasteiger partial charge in [-0.1, -0.05) is 24.4 Å². The maximum absolute atomic E-state index is 12.9. The fourth-order valence-corrected chi connectivity index (χ4v) is 2.73. The van der Waals surface area contributed by atoms with Gasteiger partial charge in [-0.3, -0.25) is 4.79 Å². The van der Waals surface area contributed by atoms with Gasteiger partial charge in [-0.05, 0) is 31.0 Å². The van der Waals surface area contributed by atoms with Crippen molar-refractivity contribution in [1.82, 2.24) is 4.90 Å². The normalized spacial score (nSPS) is 19.2. The summed E-state index contributed by atoms with van der Waals surface area (Å²) in [5.41, 5.74) is 0. The topological polar surface area (TPSA) is 49.8 Å². The maximum atomic E-state index is 12.9. The summed E-state index contributed by atoms with van der Waals surface area (Å²) >= 11 is 5.85. The summed E-state index contributed by atoms with van der Waals surface area (Å²) < 4.78 is 18.3. The minimum atomic E-state index is -0.452. The number of likely N-dealkylation sites (tertiary alicyclic amines) is 1. The highest BCUT2D eigenvalue weighted by atomic mass is 35.5. The smallest absolute Gasteiger partial charge is 0.260 e. The van der Waals surface area contributed by atoms with Crippen LogP contribution in [-0.2, 0) is 4.79 Å². The van der Waals surface area contributed by atoms with E-state index >= 15 is 0 Å². The molecule has 1 heterocycles. The molecule has 1 aliphatic heterocycles. The molecule has 1 aromatic carbocycles. The van der Waals surface area contributed by atoms with Crippen LogP contribution in [0.15, 0.2) is 18.2 Å². The number of aliphatic hydroxyl groups is 1. The number of benzene rings is 1. The lowest BCUT2D eigenvalue weighted by atomic mass is 10.1. The van der Waals surface area contributed by atoms with Crippen molar-refractivity contribution in [3.8, 4) is 5.75 Å². The number of ether oxygens (including phenoxy) is 1. The molecule has 2 rings (SSSR count). The zero-order chi connectivity index (χ0) is 15.2. The lowest BCUT2D eigenvalue weighted by molar-refractivity contribution is -0.136. The van der Waals surface area contributed by atoms with Gasteiger partial charge < -0.3 is 14.7 Å². The van der Waals surface area contributed by atoms with Crippen LogP contribution in [0.1, 0.15) is 25.7 Å². The molecular weight excluding hydrogens is 297 g/mol. The van der Waals surface area contributed by atoms with Crippen molar-refractivity contribution in [2.45, 2.75) is 31.7 Å². The van der Waals surface area contributed by atoms with E-state index in [9.17, 15) is 14.3 Å². The molecule has 21 heavy (non-hydrogen) atoms. The highest BCUT2D eigenvalue weighted by Crippen LogP contribution is 2.25. The summed E-state index contributed by atoms with van der Waals surface area (Å²) in [4.78, 5) is 13.9. The first kappa shape index (κ1) is 16.0. The van der Waals surface area contributed by atoms with Crippen molar-refractivity contribution in [2.24, 2.45) is 0 Å². The van der Waals surface area contributed by atoms with E-state index in [1.54, 1.807) is 4.90 Å². The molecule has 1 saturated heterocycles. The summed E-state index contributed by atoms with van der Waals surface area (Å²) in [6.45, 7) is 0.426. The van der Waals surface area contributed by atoms with Gasteiger partial charge in [0.15, 0.2) is 6.61 Å². The summed E-state index contributed by atoms with van der Waals surface area (Å²) in [5, 5.41) is 9.53. The molecule has 1 aromatic rings. The summed E-state index contributed by atoms with van der Waals surface area (Å²) in [7, 11) is 0. The van der Waals surface area contributed by atoms with Gasteiger partial charge in [0.25, 0.3) is 5.91 Å². The fourth-order valence-electron chi connectivity index (χ4n) is 2.51. The first-order valence-electron chi connectivity index (χ1n) is 7.10. The molecule has 0 aromatic heterocycles. The number of halogens is 2. The van der Waals surface area contributed by atoms with Gasteiger partial charge in [-0.15, -0.1) is 0 Å². The maximum Gasteiger partial charge on any atom is 0.260 e. The molecule has 1 unspecified atom stereocenters. The van der Waals surface area contributed by atoms with E-state index in [0.717, 1.165) is 31.7 Å². The summed E-state index contributed by atoms with van der Waals surface area (Å²) in [6, 6.07) is 3.63. The zero-order valence-corrected chi connectivity index (χ0v) is 12.5. The van der Waals surface area contributed by atoms with E-state index < -0.39 is 5.82 Å². The number of nitrogens with zero attached hydrogens (tertiary/aromatic N) is 1. The zero-order valence-electron chi connectivity index (χ0n) is 11.7. The molecule has 0 radical (unpaired) electrons. The molecule has 1 aliphatic rings. The van der Waals surface area contributed by atoms with Gasteiger partial charge in [0.05, 0.1) is 17.7 Å². The van der Waals surface area contributed by atoms with Crippen LogP contribution in [0.4, 0.5) is 4.39 Å². The summed E-state index contributed by atoms with van der Waals surface area (Å²) in [6.07, 6.45) is 3.81. The molecule has 116 valence electrons. The Hall–Kier alpha value is -1.33. The number of rotatable bonds is 4. The molecule has 0 spiro atoms. The Morgan fingerprint density at radius 1 is 1.43 bits per heavy atom. The molecule has 0 aliphatic carbocycles. The van der Waals surface area contributed by atoms with Gasteiger partial charge in [-0.25, -0.2) is 4.39 Å². The molecule has 1 fully saturated rings. The lowest BCUT2D eigenvalue weighted by Gasteiger charge is -2.28. The van der Waals surface area contributed by atoms with Crippen molar-refractivity contribution in [3.05, 3.63) is 29.0 Å². The van der Waals surface area contributed by atoms with Crippen LogP contribution in [0.25, 0.3) is 0 Å². The standard InChI is InChI=1S/C15H19ClFNO3/c16-13-8-11(17)5-6-14(13)21-10-15(20)18-7-3-1-2-4-12(18)9-19/h5-6,8,12,19H,1-4,7,9-10H2. The Kier molecular flexibility index (Phi) is 5.82. The molecule has 0 bridgehead atoms. The van der Waals surface area contributed by atoms with E-state index in [-0.39, 0.29) is 35.9 Å². The second-order valence-electron chi connectivity index (χ2n) is 5.14. The number of hydrogen-bond acceptors (Lipinski definition) is 3. The van der Waals surface area contributed by atoms with Gasteiger partial charge in [-0.2, -0.15) is 0 Å². The van der Waals surface area contributed by atoms with Crippen molar-refractivity contribution in [1.29, 1.82) is 0 Å². The van der Waals surface area contributed by atoms with E-state index in [0.29, 0.717) is 6.54 Å². The molecule has 0 saturated carbocycles. The quantitative estimate of drug-likeness (QED) is 0.929. The molecule has 1 N–H and O–H groups in total. The number of amides is 1. The monoisotopic (exact) mass is 315 g/mol. The van der Waals surface area contributed by atoms with Gasteiger partial charge in [0.2, 0.25) is 0 Å². The second kappa shape index (κ2) is 7.61. The molecular formula is C15H19ClFNO3. The Labute approximate surface area is 128 Å². The predicted octanol–water partition coefficient (Wildman–Crippen LogP) is 2.62. The van der Waals surface area contributed by atoms with Gasteiger partial charge in [0, 0.05) is 6.54 Å². The molecule has 6 heteroatoms. The third-order valence-corrected chi connectivity index (χ3v) is 3.95. The Morgan fingerprint density at radius 2 is 2.24 bits per heavy atom. The van der Waals surface area contributed by atoms with E-state index in [1.165, 1.54) is 12.1 Å².